The van der Waals surface area contributed by atoms with E-state index in [0.29, 0.717) is 13.2 Å². The average molecular weight is 154 g/mol. The predicted molar refractivity (Wildman–Crippen MR) is 45.1 cm³/mol. The topological polar surface area (TPSA) is 29.5 Å². The summed E-state index contributed by atoms with van der Waals surface area (Å²) in [5.41, 5.74) is 0. The minimum atomic E-state index is 0.211. The first kappa shape index (κ1) is 10.2. The minimum absolute atomic E-state index is 0.211. The van der Waals surface area contributed by atoms with E-state index in [1.54, 1.807) is 6.08 Å². The van der Waals surface area contributed by atoms with Crippen molar-refractivity contribution in [3.05, 3.63) is 12.7 Å². The molecule has 0 aliphatic heterocycles. The van der Waals surface area contributed by atoms with Gasteiger partial charge < -0.3 is 9.84 Å². The van der Waals surface area contributed by atoms with Gasteiger partial charge >= 0.3 is 0 Å². The van der Waals surface area contributed by atoms with Crippen LogP contribution >= 0.6 is 0 Å². The Balaban J connectivity index is 3.05. The molecule has 0 radical (unpaired) electrons. The number of unbranched alkanes of at least 4 members (excludes halogenated alkanes) is 1. The molecule has 0 atom stereocenters. The van der Waals surface area contributed by atoms with E-state index in [2.05, 4.69) is 18.4 Å². The summed E-state index contributed by atoms with van der Waals surface area (Å²) < 4.78 is 5.01. The number of rotatable bonds is 5. The SMILES string of the molecule is C=CCOCC#CCCCO. The lowest BCUT2D eigenvalue weighted by Gasteiger charge is -1.90. The van der Waals surface area contributed by atoms with Gasteiger partial charge in [0.2, 0.25) is 0 Å². The summed E-state index contributed by atoms with van der Waals surface area (Å²) in [5, 5.41) is 8.39. The molecule has 1 N–H and O–H groups in total. The smallest absolute Gasteiger partial charge is 0.108 e. The van der Waals surface area contributed by atoms with Crippen LogP contribution in [0.2, 0.25) is 0 Å². The Morgan fingerprint density at radius 3 is 2.91 bits per heavy atom. The molecule has 0 aromatic heterocycles. The molecule has 2 heteroatoms. The molecule has 0 bridgehead atoms. The van der Waals surface area contributed by atoms with Crippen LogP contribution in [0.1, 0.15) is 12.8 Å². The van der Waals surface area contributed by atoms with E-state index in [1.165, 1.54) is 0 Å². The van der Waals surface area contributed by atoms with E-state index in [4.69, 9.17) is 9.84 Å². The summed E-state index contributed by atoms with van der Waals surface area (Å²) in [7, 11) is 0. The summed E-state index contributed by atoms with van der Waals surface area (Å²) in [4.78, 5) is 0. The van der Waals surface area contributed by atoms with Crippen molar-refractivity contribution in [2.45, 2.75) is 12.8 Å². The predicted octanol–water partition coefficient (Wildman–Crippen LogP) is 0.965. The summed E-state index contributed by atoms with van der Waals surface area (Å²) in [6.07, 6.45) is 3.18. The molecule has 0 aromatic carbocycles. The van der Waals surface area contributed by atoms with E-state index in [1.807, 2.05) is 0 Å². The third-order valence-electron chi connectivity index (χ3n) is 0.995. The van der Waals surface area contributed by atoms with E-state index >= 15 is 0 Å². The Labute approximate surface area is 67.9 Å². The van der Waals surface area contributed by atoms with Crippen molar-refractivity contribution >= 4 is 0 Å². The van der Waals surface area contributed by atoms with Crippen LogP contribution in [0.5, 0.6) is 0 Å². The second kappa shape index (κ2) is 9.22. The van der Waals surface area contributed by atoms with Gasteiger partial charge in [-0.2, -0.15) is 0 Å². The molecule has 0 saturated carbocycles. The molecule has 0 unspecified atom stereocenters. The van der Waals surface area contributed by atoms with Gasteiger partial charge in [0, 0.05) is 13.0 Å². The Morgan fingerprint density at radius 1 is 1.45 bits per heavy atom. The fourth-order valence-electron chi connectivity index (χ4n) is 0.500. The zero-order valence-electron chi connectivity index (χ0n) is 6.68. The highest BCUT2D eigenvalue weighted by Gasteiger charge is 1.77. The molecule has 0 spiro atoms. The van der Waals surface area contributed by atoms with E-state index in [-0.39, 0.29) is 6.61 Å². The van der Waals surface area contributed by atoms with Crippen molar-refractivity contribution in [3.8, 4) is 11.8 Å². The number of hydrogen-bond acceptors (Lipinski definition) is 2. The number of hydrogen-bond donors (Lipinski definition) is 1. The van der Waals surface area contributed by atoms with Gasteiger partial charge in [-0.15, -0.1) is 12.5 Å². The van der Waals surface area contributed by atoms with Crippen LogP contribution in [0.15, 0.2) is 12.7 Å². The third-order valence-corrected chi connectivity index (χ3v) is 0.995. The maximum absolute atomic E-state index is 8.39. The van der Waals surface area contributed by atoms with Crippen LogP contribution in [0.4, 0.5) is 0 Å². The van der Waals surface area contributed by atoms with Gasteiger partial charge in [0.1, 0.15) is 6.61 Å². The van der Waals surface area contributed by atoms with Crippen molar-refractivity contribution < 1.29 is 9.84 Å². The normalized spacial score (nSPS) is 8.45. The molecule has 0 heterocycles. The monoisotopic (exact) mass is 154 g/mol. The minimum Gasteiger partial charge on any atom is -0.396 e. The summed E-state index contributed by atoms with van der Waals surface area (Å²) >= 11 is 0. The lowest BCUT2D eigenvalue weighted by Crippen LogP contribution is -1.89. The van der Waals surface area contributed by atoms with Crippen molar-refractivity contribution in [2.75, 3.05) is 19.8 Å². The van der Waals surface area contributed by atoms with Crippen molar-refractivity contribution in [2.24, 2.45) is 0 Å². The Bertz CT molecular complexity index is 141. The molecule has 0 fully saturated rings. The van der Waals surface area contributed by atoms with Crippen molar-refractivity contribution in [1.29, 1.82) is 0 Å². The van der Waals surface area contributed by atoms with E-state index in [9.17, 15) is 0 Å². The molecule has 62 valence electrons. The maximum atomic E-state index is 8.39. The van der Waals surface area contributed by atoms with Gasteiger partial charge in [0.15, 0.2) is 0 Å². The van der Waals surface area contributed by atoms with Crippen LogP contribution in [-0.4, -0.2) is 24.9 Å². The van der Waals surface area contributed by atoms with E-state index in [0.717, 1.165) is 12.8 Å². The third kappa shape index (κ3) is 9.22. The van der Waals surface area contributed by atoms with Gasteiger partial charge in [-0.3, -0.25) is 0 Å². The summed E-state index contributed by atoms with van der Waals surface area (Å²) in [6.45, 7) is 4.72. The van der Waals surface area contributed by atoms with Crippen LogP contribution < -0.4 is 0 Å². The first-order valence-corrected chi connectivity index (χ1v) is 3.67. The van der Waals surface area contributed by atoms with Crippen molar-refractivity contribution in [1.82, 2.24) is 0 Å². The molecular weight excluding hydrogens is 140 g/mol. The lowest BCUT2D eigenvalue weighted by molar-refractivity contribution is 0.199. The van der Waals surface area contributed by atoms with Gasteiger partial charge in [0.25, 0.3) is 0 Å². The fraction of sp³-hybridized carbons (Fsp3) is 0.556. The molecule has 0 amide bonds. The van der Waals surface area contributed by atoms with Crippen molar-refractivity contribution in [3.63, 3.8) is 0 Å². The van der Waals surface area contributed by atoms with Crippen LogP contribution in [0, 0.1) is 11.8 Å². The maximum Gasteiger partial charge on any atom is 0.108 e. The highest BCUT2D eigenvalue weighted by molar-refractivity contribution is 4.98. The molecule has 0 aromatic rings. The molecule has 0 aliphatic rings. The fourth-order valence-corrected chi connectivity index (χ4v) is 0.500. The lowest BCUT2D eigenvalue weighted by atomic mass is 10.3. The molecular formula is C9H14O2. The Morgan fingerprint density at radius 2 is 2.27 bits per heavy atom. The summed E-state index contributed by atoms with van der Waals surface area (Å²) in [6, 6.07) is 0. The number of aliphatic hydroxyl groups excluding tert-OH is 1. The largest absolute Gasteiger partial charge is 0.396 e. The average Bonchev–Trinajstić information content (AvgIpc) is 2.03. The molecule has 0 rings (SSSR count). The summed E-state index contributed by atoms with van der Waals surface area (Å²) in [5.74, 6) is 5.70. The van der Waals surface area contributed by atoms with E-state index < -0.39 is 0 Å². The first-order chi connectivity index (χ1) is 5.41. The highest BCUT2D eigenvalue weighted by atomic mass is 16.5. The molecule has 2 nitrogen and oxygen atoms in total. The molecule has 0 saturated heterocycles. The Hall–Kier alpha value is -0.780. The van der Waals surface area contributed by atoms with Gasteiger partial charge in [-0.1, -0.05) is 12.0 Å². The molecule has 0 aliphatic carbocycles. The quantitative estimate of drug-likeness (QED) is 0.363. The number of ether oxygens (including phenoxy) is 1. The first-order valence-electron chi connectivity index (χ1n) is 3.67. The highest BCUT2D eigenvalue weighted by Crippen LogP contribution is 1.82. The van der Waals surface area contributed by atoms with Crippen LogP contribution in [-0.2, 0) is 4.74 Å². The number of aliphatic hydroxyl groups is 1. The van der Waals surface area contributed by atoms with Gasteiger partial charge in [0.05, 0.1) is 6.61 Å². The Kier molecular flexibility index (Phi) is 8.57. The second-order valence-electron chi connectivity index (χ2n) is 1.98. The second-order valence-corrected chi connectivity index (χ2v) is 1.98. The standard InChI is InChI=1S/C9H14O2/c1-2-8-11-9-6-4-3-5-7-10/h2,10H,1,3,5,7-9H2. The molecule has 11 heavy (non-hydrogen) atoms. The van der Waals surface area contributed by atoms with Crippen LogP contribution in [0.3, 0.4) is 0 Å². The zero-order chi connectivity index (χ0) is 8.36. The zero-order valence-corrected chi connectivity index (χ0v) is 6.68. The van der Waals surface area contributed by atoms with Gasteiger partial charge in [-0.05, 0) is 6.42 Å². The van der Waals surface area contributed by atoms with Gasteiger partial charge in [-0.25, -0.2) is 0 Å². The van der Waals surface area contributed by atoms with Crippen LogP contribution in [0.25, 0.3) is 0 Å².